The molecule has 0 aliphatic rings. The van der Waals surface area contributed by atoms with Gasteiger partial charge in [-0.25, -0.2) is 19.7 Å². The zero-order valence-corrected chi connectivity index (χ0v) is 22.4. The van der Waals surface area contributed by atoms with Crippen LogP contribution >= 0.6 is 11.3 Å². The first kappa shape index (κ1) is 28.8. The fourth-order valence-corrected chi connectivity index (χ4v) is 4.18. The van der Waals surface area contributed by atoms with Crippen molar-refractivity contribution in [2.24, 2.45) is 0 Å². The third-order valence-electron chi connectivity index (χ3n) is 5.14. The fraction of sp³-hybridized carbons (Fsp3) is 0.400. The molecule has 1 atom stereocenters. The predicted octanol–water partition coefficient (Wildman–Crippen LogP) is 6.38. The summed E-state index contributed by atoms with van der Waals surface area (Å²) >= 11 is 0.923. The van der Waals surface area contributed by atoms with Gasteiger partial charge in [-0.2, -0.15) is 13.2 Å². The Morgan fingerprint density at radius 1 is 1.08 bits per heavy atom. The molecule has 3 N–H and O–H groups in total. The summed E-state index contributed by atoms with van der Waals surface area (Å²) in [6.07, 6.45) is -3.31. The van der Waals surface area contributed by atoms with Crippen LogP contribution in [0.5, 0.6) is 0 Å². The molecule has 38 heavy (non-hydrogen) atoms. The molecule has 3 rings (SSSR count). The molecule has 0 fully saturated rings. The highest BCUT2D eigenvalue weighted by Crippen LogP contribution is 2.38. The van der Waals surface area contributed by atoms with E-state index in [1.165, 1.54) is 6.20 Å². The van der Waals surface area contributed by atoms with Gasteiger partial charge in [0, 0.05) is 18.4 Å². The number of rotatable bonds is 8. The van der Waals surface area contributed by atoms with Crippen molar-refractivity contribution in [1.82, 2.24) is 20.3 Å². The zero-order chi connectivity index (χ0) is 28.1. The summed E-state index contributed by atoms with van der Waals surface area (Å²) < 4.78 is 43.4. The van der Waals surface area contributed by atoms with Crippen molar-refractivity contribution < 1.29 is 27.5 Å². The van der Waals surface area contributed by atoms with E-state index in [9.17, 15) is 22.8 Å². The molecule has 2 heterocycles. The van der Waals surface area contributed by atoms with Gasteiger partial charge < -0.3 is 15.4 Å². The van der Waals surface area contributed by atoms with Crippen LogP contribution in [0.4, 0.5) is 34.7 Å². The lowest BCUT2D eigenvalue weighted by Crippen LogP contribution is -2.32. The van der Waals surface area contributed by atoms with Crippen LogP contribution in [0.3, 0.4) is 0 Å². The molecule has 13 heteroatoms. The van der Waals surface area contributed by atoms with E-state index in [1.807, 2.05) is 31.3 Å². The highest BCUT2D eigenvalue weighted by atomic mass is 32.1. The van der Waals surface area contributed by atoms with Gasteiger partial charge in [0.25, 0.3) is 0 Å². The van der Waals surface area contributed by atoms with E-state index in [0.29, 0.717) is 28.4 Å². The summed E-state index contributed by atoms with van der Waals surface area (Å²) in [4.78, 5) is 36.8. The van der Waals surface area contributed by atoms with Crippen LogP contribution in [-0.2, 0) is 16.1 Å². The Morgan fingerprint density at radius 2 is 1.76 bits per heavy atom. The van der Waals surface area contributed by atoms with Crippen LogP contribution in [0.1, 0.15) is 58.2 Å². The molecule has 0 radical (unpaired) electrons. The summed E-state index contributed by atoms with van der Waals surface area (Å²) in [6.45, 7) is 9.48. The molecule has 0 aliphatic carbocycles. The molecule has 9 nitrogen and oxygen atoms in total. The number of thiazole rings is 1. The van der Waals surface area contributed by atoms with E-state index < -0.39 is 23.8 Å². The minimum Gasteiger partial charge on any atom is -0.444 e. The van der Waals surface area contributed by atoms with Crippen LogP contribution in [0.25, 0.3) is 10.6 Å². The normalized spacial score (nSPS) is 12.5. The van der Waals surface area contributed by atoms with Crippen molar-refractivity contribution in [1.29, 1.82) is 0 Å². The second kappa shape index (κ2) is 11.8. The number of aromatic nitrogens is 3. The molecule has 2 amide bonds. The molecule has 2 aromatic heterocycles. The summed E-state index contributed by atoms with van der Waals surface area (Å²) in [5.41, 5.74) is 1.96. The Morgan fingerprint density at radius 3 is 2.37 bits per heavy atom. The van der Waals surface area contributed by atoms with Gasteiger partial charge in [-0.05, 0) is 56.9 Å². The maximum Gasteiger partial charge on any atom is 0.471 e. The number of anilines is 3. The van der Waals surface area contributed by atoms with Gasteiger partial charge >= 0.3 is 18.2 Å². The first-order valence-electron chi connectivity index (χ1n) is 11.8. The molecule has 0 spiro atoms. The highest BCUT2D eigenvalue weighted by Gasteiger charge is 2.39. The lowest BCUT2D eigenvalue weighted by molar-refractivity contribution is -0.167. The first-order chi connectivity index (χ1) is 17.7. The van der Waals surface area contributed by atoms with E-state index in [4.69, 9.17) is 4.74 Å². The smallest absolute Gasteiger partial charge is 0.444 e. The topological polar surface area (TPSA) is 118 Å². The number of alkyl halides is 3. The summed E-state index contributed by atoms with van der Waals surface area (Å²) in [6, 6.07) is 8.87. The van der Waals surface area contributed by atoms with E-state index >= 15 is 0 Å². The second-order valence-corrected chi connectivity index (χ2v) is 10.4. The minimum absolute atomic E-state index is 0.0778. The van der Waals surface area contributed by atoms with E-state index in [2.05, 4.69) is 25.6 Å². The molecule has 3 aromatic rings. The van der Waals surface area contributed by atoms with Crippen molar-refractivity contribution in [2.45, 2.75) is 65.3 Å². The van der Waals surface area contributed by atoms with Gasteiger partial charge in [0.1, 0.15) is 5.60 Å². The number of amides is 2. The van der Waals surface area contributed by atoms with Gasteiger partial charge in [0.15, 0.2) is 5.13 Å². The van der Waals surface area contributed by atoms with Gasteiger partial charge in [0.2, 0.25) is 5.95 Å². The predicted molar refractivity (Wildman–Crippen MR) is 139 cm³/mol. The van der Waals surface area contributed by atoms with Crippen LogP contribution in [0.2, 0.25) is 0 Å². The standard InChI is InChI=1S/C25H29F3N6O3S/c1-6-14(2)18-19(38-22(33-18)34-20(35)25(26,27)28)17-11-12-29-21(32-17)31-16-9-7-15(8-10-16)13-30-23(36)37-24(3,4)5/h7-12,14H,6,13H2,1-5H3,(H,30,36)(H,29,31,32)(H,33,34,35). The average molecular weight is 551 g/mol. The third-order valence-corrected chi connectivity index (χ3v) is 6.15. The lowest BCUT2D eigenvalue weighted by Gasteiger charge is -2.19. The molecular weight excluding hydrogens is 521 g/mol. The maximum absolute atomic E-state index is 12.7. The van der Waals surface area contributed by atoms with Crippen LogP contribution in [-0.4, -0.2) is 38.7 Å². The maximum atomic E-state index is 12.7. The quantitative estimate of drug-likeness (QED) is 0.298. The Hall–Kier alpha value is -3.74. The summed E-state index contributed by atoms with van der Waals surface area (Å²) in [5.74, 6) is -1.89. The first-order valence-corrected chi connectivity index (χ1v) is 12.6. The number of nitrogens with zero attached hydrogens (tertiary/aromatic N) is 3. The number of carbonyl (C=O) groups excluding carboxylic acids is 2. The van der Waals surface area contributed by atoms with Gasteiger partial charge in [-0.3, -0.25) is 10.1 Å². The monoisotopic (exact) mass is 550 g/mol. The number of halogens is 3. The lowest BCUT2D eigenvalue weighted by atomic mass is 10.0. The van der Waals surface area contributed by atoms with Crippen molar-refractivity contribution >= 4 is 40.1 Å². The Kier molecular flexibility index (Phi) is 8.92. The van der Waals surface area contributed by atoms with E-state index in [1.54, 1.807) is 39.0 Å². The molecule has 1 aromatic carbocycles. The Labute approximate surface area is 222 Å². The van der Waals surface area contributed by atoms with Crippen molar-refractivity contribution in [3.63, 3.8) is 0 Å². The number of hydrogen-bond donors (Lipinski definition) is 3. The molecule has 1 unspecified atom stereocenters. The van der Waals surface area contributed by atoms with Crippen molar-refractivity contribution in [3.05, 3.63) is 47.8 Å². The molecule has 204 valence electrons. The second-order valence-electron chi connectivity index (χ2n) is 9.44. The van der Waals surface area contributed by atoms with Gasteiger partial charge in [0.05, 0.1) is 16.3 Å². The number of hydrogen-bond acceptors (Lipinski definition) is 8. The van der Waals surface area contributed by atoms with Crippen molar-refractivity contribution in [2.75, 3.05) is 10.6 Å². The SMILES string of the molecule is CCC(C)c1nc(NC(=O)C(F)(F)F)sc1-c1ccnc(Nc2ccc(CNC(=O)OC(C)(C)C)cc2)n1. The van der Waals surface area contributed by atoms with E-state index in [-0.39, 0.29) is 23.5 Å². The zero-order valence-electron chi connectivity index (χ0n) is 21.6. The highest BCUT2D eigenvalue weighted by molar-refractivity contribution is 7.19. The molecule has 0 saturated carbocycles. The number of carbonyl (C=O) groups is 2. The molecular formula is C25H29F3N6O3S. The summed E-state index contributed by atoms with van der Waals surface area (Å²) in [7, 11) is 0. The summed E-state index contributed by atoms with van der Waals surface area (Å²) in [5, 5.41) is 7.46. The number of alkyl carbamates (subject to hydrolysis) is 1. The van der Waals surface area contributed by atoms with E-state index in [0.717, 1.165) is 16.9 Å². The molecule has 0 aliphatic heterocycles. The Balaban J connectivity index is 1.74. The Bertz CT molecular complexity index is 1270. The van der Waals surface area contributed by atoms with Gasteiger partial charge in [-0.15, -0.1) is 0 Å². The van der Waals surface area contributed by atoms with Crippen LogP contribution in [0, 0.1) is 0 Å². The van der Waals surface area contributed by atoms with Crippen LogP contribution in [0.15, 0.2) is 36.5 Å². The largest absolute Gasteiger partial charge is 0.471 e. The fourth-order valence-electron chi connectivity index (χ4n) is 3.13. The minimum atomic E-state index is -5.02. The van der Waals surface area contributed by atoms with Gasteiger partial charge in [-0.1, -0.05) is 37.3 Å². The number of nitrogens with one attached hydrogen (secondary N) is 3. The third kappa shape index (κ3) is 8.13. The molecule has 0 saturated heterocycles. The van der Waals surface area contributed by atoms with Crippen LogP contribution < -0.4 is 16.0 Å². The number of ether oxygens (including phenoxy) is 1. The average Bonchev–Trinajstić information content (AvgIpc) is 3.25. The van der Waals surface area contributed by atoms with Crippen molar-refractivity contribution in [3.8, 4) is 10.6 Å². The molecule has 0 bridgehead atoms. The number of benzene rings is 1.